The van der Waals surface area contributed by atoms with Crippen LogP contribution in [0.2, 0.25) is 8.92 Å². The van der Waals surface area contributed by atoms with Crippen LogP contribution in [-0.2, 0) is 3.98 Å². The normalized spacial score (nSPS) is 14.4. The molecule has 0 aliphatic heterocycles. The first-order valence-electron chi connectivity index (χ1n) is 7.87. The molecule has 1 aromatic carbocycles. The van der Waals surface area contributed by atoms with E-state index in [0.29, 0.717) is 8.92 Å². The van der Waals surface area contributed by atoms with Gasteiger partial charge in [-0.25, -0.2) is 0 Å². The Hall–Kier alpha value is 0.142. The third-order valence-corrected chi connectivity index (χ3v) is 38.7. The van der Waals surface area contributed by atoms with Gasteiger partial charge in [-0.15, -0.1) is 0 Å². The fourth-order valence-electron chi connectivity index (χ4n) is 5.07. The average molecular weight is 470 g/mol. The Morgan fingerprint density at radius 3 is 1.30 bits per heavy atom. The molecule has 1 aromatic rings. The fourth-order valence-corrected chi connectivity index (χ4v) is 40.8. The molecule has 0 amide bonds. The van der Waals surface area contributed by atoms with Gasteiger partial charge in [-0.1, -0.05) is 0 Å². The molecule has 1 rings (SSSR count). The number of benzene rings is 1. The van der Waals surface area contributed by atoms with Gasteiger partial charge in [-0.3, -0.25) is 0 Å². The summed E-state index contributed by atoms with van der Waals surface area (Å²) >= 11 is -2.76. The number of hydrogen-bond acceptors (Lipinski definition) is 0. The molecule has 0 aliphatic carbocycles. The van der Waals surface area contributed by atoms with E-state index in [0.717, 1.165) is 0 Å². The van der Waals surface area contributed by atoms with Gasteiger partial charge in [-0.05, 0) is 0 Å². The second-order valence-electron chi connectivity index (χ2n) is 9.32. The van der Waals surface area contributed by atoms with Gasteiger partial charge in [0.1, 0.15) is 0 Å². The Bertz CT molecular complexity index is 388. The first-order valence-corrected chi connectivity index (χ1v) is 16.4. The number of rotatable bonds is 2. The van der Waals surface area contributed by atoms with Crippen LogP contribution in [0, 0.1) is 0 Å². The zero-order valence-corrected chi connectivity index (χ0v) is 19.0. The summed E-state index contributed by atoms with van der Waals surface area (Å²) in [6, 6.07) is 11.2. The molecule has 1 heteroatoms. The molecular weight excluding hydrogens is 435 g/mol. The molecule has 0 radical (unpaired) electrons. The minimum absolute atomic E-state index is 0.458. The monoisotopic (exact) mass is 470 g/mol. The summed E-state index contributed by atoms with van der Waals surface area (Å²) in [5.41, 5.74) is 1.55. The van der Waals surface area contributed by atoms with Crippen LogP contribution in [0.3, 0.4) is 0 Å². The van der Waals surface area contributed by atoms with Crippen molar-refractivity contribution in [3.63, 3.8) is 0 Å². The van der Waals surface area contributed by atoms with Crippen LogP contribution in [0.15, 0.2) is 30.3 Å². The molecule has 0 atom stereocenters. The van der Waals surface area contributed by atoms with E-state index in [1.165, 1.54) is 3.98 Å². The van der Waals surface area contributed by atoms with Crippen molar-refractivity contribution in [3.05, 3.63) is 35.9 Å². The van der Waals surface area contributed by atoms with E-state index in [1.807, 2.05) is 0 Å². The molecule has 0 heterocycles. The second kappa shape index (κ2) is 5.74. The topological polar surface area (TPSA) is 0 Å². The third kappa shape index (κ3) is 3.31. The quantitative estimate of drug-likeness (QED) is 0.427. The third-order valence-electron chi connectivity index (χ3n) is 5.15. The summed E-state index contributed by atoms with van der Waals surface area (Å²) in [6.07, 6.45) is 0. The van der Waals surface area contributed by atoms with Crippen LogP contribution in [0.1, 0.15) is 67.9 Å². The van der Waals surface area contributed by atoms with Gasteiger partial charge in [0, 0.05) is 0 Å². The van der Waals surface area contributed by atoms with Crippen molar-refractivity contribution >= 4 is 21.2 Å². The maximum atomic E-state index is 2.51. The molecular formula is C19H34Pb. The zero-order chi connectivity index (χ0) is 15.8. The summed E-state index contributed by atoms with van der Waals surface area (Å²) in [4.78, 5) is 0. The molecule has 0 aliphatic rings. The van der Waals surface area contributed by atoms with Crippen LogP contribution in [0.5, 0.6) is 0 Å². The molecule has 0 saturated heterocycles. The van der Waals surface area contributed by atoms with Crippen LogP contribution >= 0.6 is 0 Å². The van der Waals surface area contributed by atoms with E-state index in [-0.39, 0.29) is 0 Å². The SMILES string of the molecule is C[C](C)(C)[Pb]([CH2]c1ccccc1)([C](C)(C)C)[C](C)(C)C. The van der Waals surface area contributed by atoms with Gasteiger partial charge in [0.15, 0.2) is 0 Å². The summed E-state index contributed by atoms with van der Waals surface area (Å²) in [6.45, 7) is 22.6. The van der Waals surface area contributed by atoms with Gasteiger partial charge < -0.3 is 0 Å². The predicted molar refractivity (Wildman–Crippen MR) is 95.0 cm³/mol. The van der Waals surface area contributed by atoms with E-state index >= 15 is 0 Å². The van der Waals surface area contributed by atoms with E-state index in [4.69, 9.17) is 0 Å². The Kier molecular flexibility index (Phi) is 5.22. The van der Waals surface area contributed by atoms with Crippen molar-refractivity contribution < 1.29 is 0 Å². The maximum absolute atomic E-state index is 2.76. The Morgan fingerprint density at radius 2 is 1.00 bits per heavy atom. The summed E-state index contributed by atoms with van der Waals surface area (Å²) in [7, 11) is 0. The van der Waals surface area contributed by atoms with Crippen molar-refractivity contribution in [3.8, 4) is 0 Å². The molecule has 0 N–H and O–H groups in total. The molecule has 0 fully saturated rings. The first kappa shape index (κ1) is 18.2. The molecule has 0 nitrogen and oxygen atoms in total. The van der Waals surface area contributed by atoms with Gasteiger partial charge in [0.05, 0.1) is 0 Å². The summed E-state index contributed by atoms with van der Waals surface area (Å²) in [5, 5.41) is 0. The Morgan fingerprint density at radius 1 is 0.650 bits per heavy atom. The van der Waals surface area contributed by atoms with Gasteiger partial charge in [0.2, 0.25) is 0 Å². The average Bonchev–Trinajstić information content (AvgIpc) is 2.22. The van der Waals surface area contributed by atoms with Crippen molar-refractivity contribution in [2.45, 2.75) is 75.2 Å². The van der Waals surface area contributed by atoms with Gasteiger partial charge >= 0.3 is 132 Å². The fraction of sp³-hybridized carbons (Fsp3) is 0.684. The predicted octanol–water partition coefficient (Wildman–Crippen LogP) is 6.62. The van der Waals surface area contributed by atoms with Crippen LogP contribution in [-0.4, -0.2) is 21.2 Å². The van der Waals surface area contributed by atoms with Crippen LogP contribution < -0.4 is 0 Å². The van der Waals surface area contributed by atoms with E-state index in [2.05, 4.69) is 92.6 Å². The number of hydrogen-bond donors (Lipinski definition) is 0. The van der Waals surface area contributed by atoms with Crippen LogP contribution in [0.4, 0.5) is 0 Å². The molecule has 114 valence electrons. The van der Waals surface area contributed by atoms with Gasteiger partial charge in [0.25, 0.3) is 0 Å². The Balaban J connectivity index is 3.48. The van der Waals surface area contributed by atoms with Crippen molar-refractivity contribution in [1.29, 1.82) is 0 Å². The van der Waals surface area contributed by atoms with Crippen LogP contribution in [0.25, 0.3) is 0 Å². The zero-order valence-electron chi connectivity index (χ0n) is 15.1. The Labute approximate surface area is 132 Å². The second-order valence-corrected chi connectivity index (χ2v) is 35.2. The summed E-state index contributed by atoms with van der Waals surface area (Å²) in [5.74, 6) is 0. The van der Waals surface area contributed by atoms with E-state index in [9.17, 15) is 0 Å². The van der Waals surface area contributed by atoms with Crippen molar-refractivity contribution in [1.82, 2.24) is 0 Å². The molecule has 0 bridgehead atoms. The molecule has 0 aromatic heterocycles. The first-order chi connectivity index (χ1) is 8.83. The van der Waals surface area contributed by atoms with Gasteiger partial charge in [-0.2, -0.15) is 0 Å². The minimum atomic E-state index is -2.76. The van der Waals surface area contributed by atoms with Crippen molar-refractivity contribution in [2.75, 3.05) is 0 Å². The molecule has 0 spiro atoms. The molecule has 0 unspecified atom stereocenters. The molecule has 20 heavy (non-hydrogen) atoms. The van der Waals surface area contributed by atoms with E-state index < -0.39 is 21.2 Å². The molecule has 0 saturated carbocycles. The van der Waals surface area contributed by atoms with Crippen molar-refractivity contribution in [2.24, 2.45) is 0 Å². The van der Waals surface area contributed by atoms with E-state index in [1.54, 1.807) is 5.56 Å². The summed E-state index contributed by atoms with van der Waals surface area (Å²) < 4.78 is 2.72. The standard InChI is InChI=1S/C7H7.3C4H9.Pb/c1-7-5-3-2-4-6-7;3*1-4(2)3;/h2-6H,1H2;3*1-3H3;.